The maximum atomic E-state index is 13.7. The molecule has 1 atom stereocenters. The third-order valence-corrected chi connectivity index (χ3v) is 7.15. The second kappa shape index (κ2) is 11.8. The zero-order chi connectivity index (χ0) is 24.6. The number of rotatable bonds is 9. The normalized spacial score (nSPS) is 14.8. The molecule has 184 valence electrons. The molecule has 2 heterocycles. The quantitative estimate of drug-likeness (QED) is 0.456. The lowest BCUT2D eigenvalue weighted by Gasteiger charge is -2.33. The second-order valence-corrected chi connectivity index (χ2v) is 9.87. The Bertz CT molecular complexity index is 1100. The van der Waals surface area contributed by atoms with Gasteiger partial charge < -0.3 is 20.0 Å². The van der Waals surface area contributed by atoms with E-state index < -0.39 is 6.04 Å². The summed E-state index contributed by atoms with van der Waals surface area (Å²) in [6.45, 7) is 1.86. The van der Waals surface area contributed by atoms with Crippen LogP contribution in [0.5, 0.6) is 0 Å². The van der Waals surface area contributed by atoms with Crippen molar-refractivity contribution in [2.24, 2.45) is 0 Å². The van der Waals surface area contributed by atoms with Crippen LogP contribution < -0.4 is 10.6 Å². The minimum absolute atomic E-state index is 0.100. The minimum atomic E-state index is -0.853. The van der Waals surface area contributed by atoms with Crippen LogP contribution in [-0.4, -0.2) is 35.2 Å². The molecule has 7 nitrogen and oxygen atoms in total. The van der Waals surface area contributed by atoms with Gasteiger partial charge in [0.05, 0.1) is 24.2 Å². The lowest BCUT2D eigenvalue weighted by molar-refractivity contribution is -0.141. The van der Waals surface area contributed by atoms with Gasteiger partial charge in [0, 0.05) is 6.04 Å². The third-order valence-electron chi connectivity index (χ3n) is 6.28. The molecule has 3 amide bonds. The highest BCUT2D eigenvalue weighted by Gasteiger charge is 2.33. The zero-order valence-electron chi connectivity index (χ0n) is 19.9. The van der Waals surface area contributed by atoms with Gasteiger partial charge in [0.25, 0.3) is 5.91 Å². The van der Waals surface area contributed by atoms with Gasteiger partial charge >= 0.3 is 0 Å². The summed E-state index contributed by atoms with van der Waals surface area (Å²) in [5, 5.41) is 7.69. The summed E-state index contributed by atoms with van der Waals surface area (Å²) in [6.07, 6.45) is 6.78. The Balaban J connectivity index is 1.60. The molecule has 0 unspecified atom stereocenters. The van der Waals surface area contributed by atoms with Gasteiger partial charge in [0.2, 0.25) is 11.8 Å². The molecule has 0 saturated heterocycles. The van der Waals surface area contributed by atoms with E-state index in [0.29, 0.717) is 16.2 Å². The number of thiophene rings is 1. The van der Waals surface area contributed by atoms with E-state index in [0.717, 1.165) is 31.2 Å². The Morgan fingerprint density at radius 2 is 1.83 bits per heavy atom. The zero-order valence-corrected chi connectivity index (χ0v) is 20.7. The summed E-state index contributed by atoms with van der Waals surface area (Å²) < 4.78 is 5.52. The number of carbonyl (C=O) groups excluding carboxylic acids is 3. The Hall–Kier alpha value is -3.39. The van der Waals surface area contributed by atoms with Crippen molar-refractivity contribution in [2.45, 2.75) is 57.7 Å². The molecule has 4 rings (SSSR count). The van der Waals surface area contributed by atoms with Crippen LogP contribution >= 0.6 is 11.3 Å². The minimum Gasteiger partial charge on any atom is -0.467 e. The van der Waals surface area contributed by atoms with E-state index in [9.17, 15) is 14.4 Å². The molecule has 2 N–H and O–H groups in total. The molecule has 1 aliphatic rings. The fraction of sp³-hybridized carbons (Fsp3) is 0.370. The molecular formula is C27H31N3O4S. The predicted molar refractivity (Wildman–Crippen MR) is 135 cm³/mol. The number of benzene rings is 1. The smallest absolute Gasteiger partial charge is 0.261 e. The number of carbonyl (C=O) groups is 3. The highest BCUT2D eigenvalue weighted by molar-refractivity contribution is 7.12. The fourth-order valence-electron chi connectivity index (χ4n) is 4.39. The standard InChI is InChI=1S/C27H31N3O4S/c1-19-11-13-20(14-12-19)25(27(33)29-21-7-3-2-4-8-21)30(18-22-9-5-15-34-22)24(31)17-28-26(32)23-10-6-16-35-23/h5-6,9-16,21,25H,2-4,7-8,17-18H2,1H3,(H,28,32)(H,29,33)/t25-/m1/s1. The molecule has 1 saturated carbocycles. The van der Waals surface area contributed by atoms with Gasteiger partial charge in [0.15, 0.2) is 0 Å². The largest absolute Gasteiger partial charge is 0.467 e. The van der Waals surface area contributed by atoms with E-state index in [1.807, 2.05) is 36.6 Å². The molecule has 0 bridgehead atoms. The van der Waals surface area contributed by atoms with E-state index in [1.54, 1.807) is 30.5 Å². The summed E-state index contributed by atoms with van der Waals surface area (Å²) in [7, 11) is 0. The molecular weight excluding hydrogens is 462 g/mol. The van der Waals surface area contributed by atoms with Crippen LogP contribution in [0.15, 0.2) is 64.6 Å². The number of hydrogen-bond donors (Lipinski definition) is 2. The summed E-state index contributed by atoms with van der Waals surface area (Å²) in [5.74, 6) is -0.337. The van der Waals surface area contributed by atoms with Crippen LogP contribution in [0.4, 0.5) is 0 Å². The predicted octanol–water partition coefficient (Wildman–Crippen LogP) is 4.60. The number of nitrogens with one attached hydrogen (secondary N) is 2. The fourth-order valence-corrected chi connectivity index (χ4v) is 5.03. The summed E-state index contributed by atoms with van der Waals surface area (Å²) in [4.78, 5) is 41.7. The first-order valence-electron chi connectivity index (χ1n) is 12.0. The lowest BCUT2D eigenvalue weighted by atomic mass is 9.94. The summed E-state index contributed by atoms with van der Waals surface area (Å²) >= 11 is 1.31. The van der Waals surface area contributed by atoms with Crippen molar-refractivity contribution in [2.75, 3.05) is 6.54 Å². The average Bonchev–Trinajstić information content (AvgIpc) is 3.58. The molecule has 1 aliphatic carbocycles. The van der Waals surface area contributed by atoms with Gasteiger partial charge in [-0.05, 0) is 48.9 Å². The van der Waals surface area contributed by atoms with Crippen molar-refractivity contribution in [1.29, 1.82) is 0 Å². The maximum Gasteiger partial charge on any atom is 0.261 e. The Morgan fingerprint density at radius 3 is 2.49 bits per heavy atom. The summed E-state index contributed by atoms with van der Waals surface area (Å²) in [5.41, 5.74) is 1.78. The first kappa shape index (κ1) is 24.7. The number of hydrogen-bond acceptors (Lipinski definition) is 5. The van der Waals surface area contributed by atoms with E-state index >= 15 is 0 Å². The third kappa shape index (κ3) is 6.60. The molecule has 3 aromatic rings. The molecule has 2 aromatic heterocycles. The van der Waals surface area contributed by atoms with Gasteiger partial charge in [-0.3, -0.25) is 14.4 Å². The monoisotopic (exact) mass is 493 g/mol. The van der Waals surface area contributed by atoms with E-state index in [2.05, 4.69) is 10.6 Å². The molecule has 1 aromatic carbocycles. The number of amides is 3. The van der Waals surface area contributed by atoms with Gasteiger partial charge in [-0.25, -0.2) is 0 Å². The van der Waals surface area contributed by atoms with Gasteiger partial charge in [-0.2, -0.15) is 0 Å². The van der Waals surface area contributed by atoms with Gasteiger partial charge in [0.1, 0.15) is 11.8 Å². The number of furan rings is 1. The van der Waals surface area contributed by atoms with Crippen LogP contribution in [0.25, 0.3) is 0 Å². The topological polar surface area (TPSA) is 91.7 Å². The second-order valence-electron chi connectivity index (χ2n) is 8.92. The summed E-state index contributed by atoms with van der Waals surface area (Å²) in [6, 6.07) is 13.9. The molecule has 0 aliphatic heterocycles. The first-order chi connectivity index (χ1) is 17.0. The van der Waals surface area contributed by atoms with Crippen molar-refractivity contribution >= 4 is 29.1 Å². The van der Waals surface area contributed by atoms with E-state index in [1.165, 1.54) is 22.7 Å². The van der Waals surface area contributed by atoms with Crippen molar-refractivity contribution < 1.29 is 18.8 Å². The number of nitrogens with zero attached hydrogens (tertiary/aromatic N) is 1. The van der Waals surface area contributed by atoms with Crippen LogP contribution in [-0.2, 0) is 16.1 Å². The van der Waals surface area contributed by atoms with Crippen LogP contribution in [0.2, 0.25) is 0 Å². The number of aryl methyl sites for hydroxylation is 1. The molecule has 0 spiro atoms. The van der Waals surface area contributed by atoms with Crippen molar-refractivity contribution in [3.8, 4) is 0 Å². The van der Waals surface area contributed by atoms with E-state index in [-0.39, 0.29) is 36.9 Å². The van der Waals surface area contributed by atoms with Crippen LogP contribution in [0, 0.1) is 6.92 Å². The average molecular weight is 494 g/mol. The highest BCUT2D eigenvalue weighted by atomic mass is 32.1. The van der Waals surface area contributed by atoms with E-state index in [4.69, 9.17) is 4.42 Å². The van der Waals surface area contributed by atoms with Crippen LogP contribution in [0.1, 0.15) is 64.7 Å². The highest BCUT2D eigenvalue weighted by Crippen LogP contribution is 2.26. The Morgan fingerprint density at radius 1 is 1.06 bits per heavy atom. The lowest BCUT2D eigenvalue weighted by Crippen LogP contribution is -2.49. The van der Waals surface area contributed by atoms with Crippen molar-refractivity contribution in [1.82, 2.24) is 15.5 Å². The van der Waals surface area contributed by atoms with Crippen LogP contribution in [0.3, 0.4) is 0 Å². The molecule has 0 radical (unpaired) electrons. The molecule has 8 heteroatoms. The Labute approximate surface area is 209 Å². The van der Waals surface area contributed by atoms with Gasteiger partial charge in [-0.15, -0.1) is 11.3 Å². The first-order valence-corrected chi connectivity index (χ1v) is 12.9. The van der Waals surface area contributed by atoms with Crippen molar-refractivity contribution in [3.05, 3.63) is 81.9 Å². The Kier molecular flexibility index (Phi) is 8.36. The SMILES string of the molecule is Cc1ccc([C@H](C(=O)NC2CCCCC2)N(Cc2ccco2)C(=O)CNC(=O)c2cccs2)cc1. The van der Waals surface area contributed by atoms with Gasteiger partial charge in [-0.1, -0.05) is 55.2 Å². The maximum absolute atomic E-state index is 13.7. The molecule has 1 fully saturated rings. The molecule has 35 heavy (non-hydrogen) atoms. The van der Waals surface area contributed by atoms with Crippen molar-refractivity contribution in [3.63, 3.8) is 0 Å².